The average molecular weight is 266 g/mol. The van der Waals surface area contributed by atoms with Gasteiger partial charge in [-0.3, -0.25) is 19.7 Å². The van der Waals surface area contributed by atoms with Crippen molar-refractivity contribution >= 4 is 23.2 Å². The summed E-state index contributed by atoms with van der Waals surface area (Å²) in [6.45, 7) is 1.89. The molecule has 102 valence electrons. The summed E-state index contributed by atoms with van der Waals surface area (Å²) >= 11 is 0. The van der Waals surface area contributed by atoms with Gasteiger partial charge in [0.25, 0.3) is 5.91 Å². The van der Waals surface area contributed by atoms with Gasteiger partial charge < -0.3 is 16.4 Å². The lowest BCUT2D eigenvalue weighted by Gasteiger charge is -2.08. The van der Waals surface area contributed by atoms with Crippen molar-refractivity contribution in [3.63, 3.8) is 0 Å². The number of rotatable bonds is 6. The molecule has 0 fully saturated rings. The van der Waals surface area contributed by atoms with Crippen molar-refractivity contribution in [2.24, 2.45) is 5.73 Å². The molecule has 0 aliphatic carbocycles. The van der Waals surface area contributed by atoms with Crippen LogP contribution in [-0.2, 0) is 4.79 Å². The molecule has 0 aliphatic rings. The molecule has 0 unspecified atom stereocenters. The van der Waals surface area contributed by atoms with E-state index in [1.807, 2.05) is 0 Å². The largest absolute Gasteiger partial charge is 0.380 e. The minimum absolute atomic E-state index is 0.121. The summed E-state index contributed by atoms with van der Waals surface area (Å²) in [6.07, 6.45) is 0. The minimum Gasteiger partial charge on any atom is -0.380 e. The van der Waals surface area contributed by atoms with E-state index < -0.39 is 16.7 Å². The molecule has 2 amide bonds. The maximum Gasteiger partial charge on any atom is 0.305 e. The Labute approximate surface area is 109 Å². The Morgan fingerprint density at radius 1 is 1.42 bits per heavy atom. The maximum absolute atomic E-state index is 11.8. The van der Waals surface area contributed by atoms with Crippen LogP contribution in [0, 0.1) is 10.1 Å². The van der Waals surface area contributed by atoms with Gasteiger partial charge in [-0.05, 0) is 19.1 Å². The van der Waals surface area contributed by atoms with Gasteiger partial charge in [0.05, 0.1) is 11.5 Å². The minimum atomic E-state index is -0.723. The molecule has 1 aromatic carbocycles. The fraction of sp³-hybridized carbons (Fsp3) is 0.273. The zero-order valence-electron chi connectivity index (χ0n) is 10.3. The van der Waals surface area contributed by atoms with E-state index in [1.165, 1.54) is 18.2 Å². The van der Waals surface area contributed by atoms with Gasteiger partial charge in [-0.15, -0.1) is 0 Å². The highest BCUT2D eigenvalue weighted by atomic mass is 16.6. The van der Waals surface area contributed by atoms with Crippen LogP contribution >= 0.6 is 0 Å². The number of para-hydroxylation sites is 1. The summed E-state index contributed by atoms with van der Waals surface area (Å²) in [6, 6.07) is 4.34. The first-order valence-electron chi connectivity index (χ1n) is 5.55. The van der Waals surface area contributed by atoms with Gasteiger partial charge >= 0.3 is 5.69 Å². The highest BCUT2D eigenvalue weighted by Gasteiger charge is 2.24. The number of nitrogens with one attached hydrogen (secondary N) is 2. The van der Waals surface area contributed by atoms with Crippen molar-refractivity contribution in [1.29, 1.82) is 0 Å². The molecule has 0 atom stereocenters. The molecule has 0 spiro atoms. The molecule has 1 rings (SSSR count). The maximum atomic E-state index is 11.8. The van der Waals surface area contributed by atoms with Crippen LogP contribution in [0.5, 0.6) is 0 Å². The van der Waals surface area contributed by atoms with Crippen molar-refractivity contribution in [3.8, 4) is 0 Å². The van der Waals surface area contributed by atoms with Crippen LogP contribution < -0.4 is 16.4 Å². The Hall–Kier alpha value is -2.64. The third-order valence-corrected chi connectivity index (χ3v) is 2.25. The Kier molecular flexibility index (Phi) is 4.81. The van der Waals surface area contributed by atoms with Crippen LogP contribution in [0.4, 0.5) is 11.4 Å². The summed E-state index contributed by atoms with van der Waals surface area (Å²) in [5.74, 6) is -1.44. The molecule has 0 radical (unpaired) electrons. The molecule has 0 saturated carbocycles. The standard InChI is InChI=1S/C11H14N4O4/c1-2-13-8-5-3-4-7(10(8)15(18)19)11(17)14-6-9(12)16/h3-5,13H,2,6H2,1H3,(H2,12,16)(H,14,17). The van der Waals surface area contributed by atoms with E-state index in [-0.39, 0.29) is 23.5 Å². The van der Waals surface area contributed by atoms with E-state index in [0.717, 1.165) is 0 Å². The molecule has 19 heavy (non-hydrogen) atoms. The van der Waals surface area contributed by atoms with E-state index in [1.54, 1.807) is 6.92 Å². The average Bonchev–Trinajstić information content (AvgIpc) is 2.35. The van der Waals surface area contributed by atoms with Crippen LogP contribution in [0.3, 0.4) is 0 Å². The number of carbonyl (C=O) groups is 2. The number of benzene rings is 1. The van der Waals surface area contributed by atoms with Gasteiger partial charge in [0, 0.05) is 6.54 Å². The zero-order valence-corrected chi connectivity index (χ0v) is 10.3. The molecule has 0 heterocycles. The molecule has 0 saturated heterocycles. The lowest BCUT2D eigenvalue weighted by molar-refractivity contribution is -0.384. The number of carbonyl (C=O) groups excluding carboxylic acids is 2. The summed E-state index contributed by atoms with van der Waals surface area (Å²) < 4.78 is 0. The molecule has 1 aromatic rings. The molecule has 0 bridgehead atoms. The van der Waals surface area contributed by atoms with Gasteiger partial charge in [0.2, 0.25) is 5.91 Å². The number of hydrogen-bond acceptors (Lipinski definition) is 5. The van der Waals surface area contributed by atoms with Gasteiger partial charge in [-0.25, -0.2) is 0 Å². The van der Waals surface area contributed by atoms with Crippen LogP contribution in [0.15, 0.2) is 18.2 Å². The van der Waals surface area contributed by atoms with E-state index in [2.05, 4.69) is 10.6 Å². The van der Waals surface area contributed by atoms with Gasteiger partial charge in [-0.1, -0.05) is 6.07 Å². The van der Waals surface area contributed by atoms with Crippen LogP contribution in [0.25, 0.3) is 0 Å². The number of nitro benzene ring substituents is 1. The number of hydrogen-bond donors (Lipinski definition) is 3. The topological polar surface area (TPSA) is 127 Å². The van der Waals surface area contributed by atoms with Crippen molar-refractivity contribution in [3.05, 3.63) is 33.9 Å². The van der Waals surface area contributed by atoms with Gasteiger partial charge in [0.15, 0.2) is 0 Å². The SMILES string of the molecule is CCNc1cccc(C(=O)NCC(N)=O)c1[N+](=O)[O-]. The summed E-state index contributed by atoms with van der Waals surface area (Å²) in [5, 5.41) is 16.1. The van der Waals surface area contributed by atoms with Crippen LogP contribution in [0.2, 0.25) is 0 Å². The number of primary amides is 1. The fourth-order valence-corrected chi connectivity index (χ4v) is 1.52. The molecular formula is C11H14N4O4. The number of amides is 2. The lowest BCUT2D eigenvalue weighted by atomic mass is 10.1. The normalized spacial score (nSPS) is 9.74. The monoisotopic (exact) mass is 266 g/mol. The number of nitrogens with zero attached hydrogens (tertiary/aromatic N) is 1. The Morgan fingerprint density at radius 2 is 2.11 bits per heavy atom. The van der Waals surface area contributed by atoms with Gasteiger partial charge in [-0.2, -0.15) is 0 Å². The van der Waals surface area contributed by atoms with Crippen LogP contribution in [-0.4, -0.2) is 29.8 Å². The highest BCUT2D eigenvalue weighted by molar-refractivity contribution is 6.01. The number of anilines is 1. The van der Waals surface area contributed by atoms with E-state index in [0.29, 0.717) is 6.54 Å². The number of nitro groups is 1. The first-order valence-corrected chi connectivity index (χ1v) is 5.55. The Morgan fingerprint density at radius 3 is 2.63 bits per heavy atom. The van der Waals surface area contributed by atoms with Crippen LogP contribution in [0.1, 0.15) is 17.3 Å². The molecule has 0 aromatic heterocycles. The third kappa shape index (κ3) is 3.66. The summed E-state index contributed by atoms with van der Waals surface area (Å²) in [5.41, 5.74) is 4.70. The molecular weight excluding hydrogens is 252 g/mol. The van der Waals surface area contributed by atoms with E-state index >= 15 is 0 Å². The predicted octanol–water partition coefficient (Wildman–Crippen LogP) is 0.242. The first-order chi connectivity index (χ1) is 8.97. The molecule has 0 aliphatic heterocycles. The quantitative estimate of drug-likeness (QED) is 0.502. The van der Waals surface area contributed by atoms with Gasteiger partial charge in [0.1, 0.15) is 11.3 Å². The highest BCUT2D eigenvalue weighted by Crippen LogP contribution is 2.28. The van der Waals surface area contributed by atoms with Crippen molar-refractivity contribution < 1.29 is 14.5 Å². The third-order valence-electron chi connectivity index (χ3n) is 2.25. The summed E-state index contributed by atoms with van der Waals surface area (Å²) in [4.78, 5) is 32.8. The van der Waals surface area contributed by atoms with E-state index in [4.69, 9.17) is 5.73 Å². The summed E-state index contributed by atoms with van der Waals surface area (Å²) in [7, 11) is 0. The van der Waals surface area contributed by atoms with Crippen molar-refractivity contribution in [2.45, 2.75) is 6.92 Å². The van der Waals surface area contributed by atoms with Crippen molar-refractivity contribution in [2.75, 3.05) is 18.4 Å². The molecule has 8 heteroatoms. The fourth-order valence-electron chi connectivity index (χ4n) is 1.52. The zero-order chi connectivity index (χ0) is 14.4. The second-order valence-electron chi connectivity index (χ2n) is 3.64. The first kappa shape index (κ1) is 14.4. The smallest absolute Gasteiger partial charge is 0.305 e. The van der Waals surface area contributed by atoms with Crippen molar-refractivity contribution in [1.82, 2.24) is 5.32 Å². The molecule has 4 N–H and O–H groups in total. The molecule has 8 nitrogen and oxygen atoms in total. The number of nitrogens with two attached hydrogens (primary N) is 1. The lowest BCUT2D eigenvalue weighted by Crippen LogP contribution is -2.33. The second-order valence-corrected chi connectivity index (χ2v) is 3.64. The Balaban J connectivity index is 3.12. The van der Waals surface area contributed by atoms with E-state index in [9.17, 15) is 19.7 Å². The predicted molar refractivity (Wildman–Crippen MR) is 68.8 cm³/mol. The second kappa shape index (κ2) is 6.34. The Bertz CT molecular complexity index is 515.